The number of halogens is 1. The van der Waals surface area contributed by atoms with Crippen molar-refractivity contribution in [1.82, 2.24) is 0 Å². The zero-order valence-electron chi connectivity index (χ0n) is 8.33. The lowest BCUT2D eigenvalue weighted by Crippen LogP contribution is -1.84. The van der Waals surface area contributed by atoms with Crippen LogP contribution in [0.1, 0.15) is 5.56 Å². The Morgan fingerprint density at radius 1 is 1.13 bits per heavy atom. The average molecular weight is 218 g/mol. The highest BCUT2D eigenvalue weighted by Crippen LogP contribution is 2.28. The molecule has 0 unspecified atom stereocenters. The smallest absolute Gasteiger partial charge is 0.146 e. The molecule has 15 heavy (non-hydrogen) atoms. The summed E-state index contributed by atoms with van der Waals surface area (Å²) in [5, 5.41) is 0.568. The summed E-state index contributed by atoms with van der Waals surface area (Å²) in [7, 11) is 0. The van der Waals surface area contributed by atoms with Gasteiger partial charge in [-0.2, -0.15) is 0 Å². The van der Waals surface area contributed by atoms with Crippen molar-refractivity contribution in [1.29, 1.82) is 0 Å². The number of aryl methyl sites for hydroxylation is 1. The standard InChI is InChI=1S/C13H10ClO/c1-10-6-8-11(9-7-10)15-13-5-3-2-4-12(13)14/h3-9H,1H3. The quantitative estimate of drug-likeness (QED) is 0.731. The largest absolute Gasteiger partial charge is 0.456 e. The molecule has 0 aliphatic carbocycles. The van der Waals surface area contributed by atoms with Gasteiger partial charge >= 0.3 is 0 Å². The normalized spacial score (nSPS) is 10.0. The highest BCUT2D eigenvalue weighted by molar-refractivity contribution is 6.32. The van der Waals surface area contributed by atoms with Crippen LogP contribution in [0, 0.1) is 13.0 Å². The summed E-state index contributed by atoms with van der Waals surface area (Å²) >= 11 is 5.95. The Balaban J connectivity index is 2.22. The lowest BCUT2D eigenvalue weighted by atomic mass is 10.2. The first kappa shape index (κ1) is 10.1. The monoisotopic (exact) mass is 217 g/mol. The second-order valence-corrected chi connectivity index (χ2v) is 3.68. The van der Waals surface area contributed by atoms with E-state index in [0.717, 1.165) is 5.75 Å². The number of ether oxygens (including phenoxy) is 1. The van der Waals surface area contributed by atoms with E-state index in [1.54, 1.807) is 18.2 Å². The third-order valence-corrected chi connectivity index (χ3v) is 2.32. The van der Waals surface area contributed by atoms with Crippen LogP contribution in [-0.4, -0.2) is 0 Å². The van der Waals surface area contributed by atoms with E-state index < -0.39 is 0 Å². The molecule has 2 rings (SSSR count). The Bertz CT molecular complexity index is 448. The second-order valence-electron chi connectivity index (χ2n) is 3.27. The van der Waals surface area contributed by atoms with Crippen molar-refractivity contribution in [3.05, 3.63) is 59.1 Å². The van der Waals surface area contributed by atoms with E-state index >= 15 is 0 Å². The molecule has 0 amide bonds. The van der Waals surface area contributed by atoms with Gasteiger partial charge in [-0.3, -0.25) is 0 Å². The minimum absolute atomic E-state index is 0.568. The lowest BCUT2D eigenvalue weighted by Gasteiger charge is -2.06. The molecule has 0 saturated carbocycles. The first-order chi connectivity index (χ1) is 7.25. The maximum Gasteiger partial charge on any atom is 0.146 e. The molecule has 0 spiro atoms. The van der Waals surface area contributed by atoms with Gasteiger partial charge in [0.15, 0.2) is 0 Å². The van der Waals surface area contributed by atoms with Crippen molar-refractivity contribution in [2.45, 2.75) is 6.92 Å². The van der Waals surface area contributed by atoms with E-state index in [1.165, 1.54) is 5.56 Å². The van der Waals surface area contributed by atoms with Crippen LogP contribution in [0.25, 0.3) is 0 Å². The first-order valence-corrected chi connectivity index (χ1v) is 5.03. The Hall–Kier alpha value is -1.47. The van der Waals surface area contributed by atoms with Crippen molar-refractivity contribution in [3.8, 4) is 11.5 Å². The van der Waals surface area contributed by atoms with Gasteiger partial charge in [0, 0.05) is 0 Å². The maximum atomic E-state index is 5.95. The Labute approximate surface area is 94.3 Å². The zero-order valence-corrected chi connectivity index (χ0v) is 9.08. The highest BCUT2D eigenvalue weighted by atomic mass is 35.5. The van der Waals surface area contributed by atoms with Gasteiger partial charge in [-0.15, -0.1) is 0 Å². The molecule has 0 bridgehead atoms. The van der Waals surface area contributed by atoms with E-state index in [1.807, 2.05) is 31.2 Å². The molecule has 2 aromatic rings. The Morgan fingerprint density at radius 2 is 1.87 bits per heavy atom. The molecule has 0 saturated heterocycles. The number of rotatable bonds is 2. The molecule has 0 aliphatic rings. The van der Waals surface area contributed by atoms with Gasteiger partial charge in [-0.25, -0.2) is 0 Å². The van der Waals surface area contributed by atoms with Crippen molar-refractivity contribution >= 4 is 11.6 Å². The SMILES string of the molecule is Cc1ccc(Oc2cc[c]cc2Cl)cc1. The van der Waals surface area contributed by atoms with Crippen LogP contribution >= 0.6 is 11.6 Å². The highest BCUT2D eigenvalue weighted by Gasteiger charge is 2.00. The van der Waals surface area contributed by atoms with Gasteiger partial charge in [0.2, 0.25) is 0 Å². The predicted molar refractivity (Wildman–Crippen MR) is 61.5 cm³/mol. The molecular formula is C13H10ClO. The van der Waals surface area contributed by atoms with Crippen molar-refractivity contribution in [2.75, 3.05) is 0 Å². The van der Waals surface area contributed by atoms with Gasteiger partial charge < -0.3 is 4.74 Å². The maximum absolute atomic E-state index is 5.95. The van der Waals surface area contributed by atoms with Crippen molar-refractivity contribution in [3.63, 3.8) is 0 Å². The van der Waals surface area contributed by atoms with Crippen LogP contribution in [0.2, 0.25) is 5.02 Å². The van der Waals surface area contributed by atoms with Gasteiger partial charge in [-0.05, 0) is 37.3 Å². The molecule has 0 aliphatic heterocycles. The van der Waals surface area contributed by atoms with Gasteiger partial charge in [0.25, 0.3) is 0 Å². The van der Waals surface area contributed by atoms with Crippen LogP contribution in [0.15, 0.2) is 42.5 Å². The molecule has 0 heterocycles. The summed E-state index contributed by atoms with van der Waals surface area (Å²) in [5.74, 6) is 1.44. The summed E-state index contributed by atoms with van der Waals surface area (Å²) in [6.07, 6.45) is 0. The second kappa shape index (κ2) is 4.37. The average Bonchev–Trinajstić information content (AvgIpc) is 2.25. The van der Waals surface area contributed by atoms with E-state index in [4.69, 9.17) is 16.3 Å². The van der Waals surface area contributed by atoms with Crippen LogP contribution in [0.5, 0.6) is 11.5 Å². The molecule has 1 radical (unpaired) electrons. The zero-order chi connectivity index (χ0) is 10.7. The topological polar surface area (TPSA) is 9.23 Å². The van der Waals surface area contributed by atoms with Gasteiger partial charge in [0.05, 0.1) is 5.02 Å². The fourth-order valence-corrected chi connectivity index (χ4v) is 1.38. The third-order valence-electron chi connectivity index (χ3n) is 2.03. The molecule has 2 heteroatoms. The minimum Gasteiger partial charge on any atom is -0.456 e. The third kappa shape index (κ3) is 2.51. The molecule has 0 atom stereocenters. The van der Waals surface area contributed by atoms with Crippen LogP contribution in [0.3, 0.4) is 0 Å². The van der Waals surface area contributed by atoms with E-state index in [-0.39, 0.29) is 0 Å². The molecule has 0 N–H and O–H groups in total. The van der Waals surface area contributed by atoms with Crippen LogP contribution in [0.4, 0.5) is 0 Å². The number of hydrogen-bond donors (Lipinski definition) is 0. The molecule has 0 fully saturated rings. The van der Waals surface area contributed by atoms with Crippen LogP contribution < -0.4 is 4.74 Å². The fourth-order valence-electron chi connectivity index (χ4n) is 1.21. The minimum atomic E-state index is 0.568. The summed E-state index contributed by atoms with van der Waals surface area (Å²) in [6.45, 7) is 2.04. The van der Waals surface area contributed by atoms with Gasteiger partial charge in [-0.1, -0.05) is 35.4 Å². The summed E-state index contributed by atoms with van der Waals surface area (Å²) in [5.41, 5.74) is 1.20. The Morgan fingerprint density at radius 3 is 2.53 bits per heavy atom. The summed E-state index contributed by atoms with van der Waals surface area (Å²) in [6, 6.07) is 16.0. The van der Waals surface area contributed by atoms with E-state index in [2.05, 4.69) is 6.07 Å². The molecule has 0 aromatic heterocycles. The van der Waals surface area contributed by atoms with E-state index in [9.17, 15) is 0 Å². The molecule has 75 valence electrons. The number of hydrogen-bond acceptors (Lipinski definition) is 1. The van der Waals surface area contributed by atoms with Crippen LogP contribution in [-0.2, 0) is 0 Å². The van der Waals surface area contributed by atoms with Gasteiger partial charge in [0.1, 0.15) is 11.5 Å². The fraction of sp³-hybridized carbons (Fsp3) is 0.0769. The lowest BCUT2D eigenvalue weighted by molar-refractivity contribution is 0.483. The molecule has 1 nitrogen and oxygen atoms in total. The molecular weight excluding hydrogens is 208 g/mol. The summed E-state index contributed by atoms with van der Waals surface area (Å²) < 4.78 is 5.61. The van der Waals surface area contributed by atoms with E-state index in [0.29, 0.717) is 10.8 Å². The van der Waals surface area contributed by atoms with Crippen molar-refractivity contribution in [2.24, 2.45) is 0 Å². The Kier molecular flexibility index (Phi) is 2.93. The molecule has 2 aromatic carbocycles. The number of benzene rings is 2. The first-order valence-electron chi connectivity index (χ1n) is 4.66. The van der Waals surface area contributed by atoms with Crippen molar-refractivity contribution < 1.29 is 4.74 Å². The summed E-state index contributed by atoms with van der Waals surface area (Å²) in [4.78, 5) is 0. The predicted octanol–water partition coefficient (Wildman–Crippen LogP) is 4.24.